The third kappa shape index (κ3) is 3.97. The number of carbonyl (C=O) groups excluding carboxylic acids is 1. The number of para-hydroxylation sites is 3. The second-order valence-electron chi connectivity index (χ2n) is 5.27. The Morgan fingerprint density at radius 1 is 1.23 bits per heavy atom. The minimum Gasteiger partial charge on any atom is -0.494 e. The highest BCUT2D eigenvalue weighted by atomic mass is 35.5. The molecule has 0 saturated heterocycles. The predicted molar refractivity (Wildman–Crippen MR) is 101 cm³/mol. The van der Waals surface area contributed by atoms with E-state index in [4.69, 9.17) is 16.3 Å². The Balaban J connectivity index is 1.76. The molecular weight excluding hydrogens is 374 g/mol. The number of halogens is 1. The third-order valence-electron chi connectivity index (χ3n) is 3.54. The summed E-state index contributed by atoms with van der Waals surface area (Å²) in [5.74, 6) is 0.437. The molecule has 1 atom stereocenters. The molecule has 1 heterocycles. The zero-order chi connectivity index (χ0) is 18.5. The fraction of sp³-hybridized carbons (Fsp3) is 0.176. The Hall–Kier alpha value is -2.58. The van der Waals surface area contributed by atoms with Crippen LogP contribution < -0.4 is 10.1 Å². The van der Waals surface area contributed by atoms with E-state index < -0.39 is 5.25 Å². The van der Waals surface area contributed by atoms with E-state index in [2.05, 4.69) is 20.8 Å². The van der Waals surface area contributed by atoms with Gasteiger partial charge < -0.3 is 10.1 Å². The lowest BCUT2D eigenvalue weighted by atomic mass is 10.3. The van der Waals surface area contributed by atoms with E-state index in [1.807, 2.05) is 30.3 Å². The van der Waals surface area contributed by atoms with Gasteiger partial charge in [-0.2, -0.15) is 4.68 Å². The molecule has 9 heteroatoms. The Labute approximate surface area is 159 Å². The van der Waals surface area contributed by atoms with Crippen molar-refractivity contribution >= 4 is 35.0 Å². The van der Waals surface area contributed by atoms with Gasteiger partial charge in [0.1, 0.15) is 11.4 Å². The van der Waals surface area contributed by atoms with Crippen LogP contribution in [0.1, 0.15) is 6.92 Å². The maximum absolute atomic E-state index is 12.5. The number of hydrogen-bond acceptors (Lipinski definition) is 6. The van der Waals surface area contributed by atoms with Gasteiger partial charge in [-0.25, -0.2) is 0 Å². The average Bonchev–Trinajstić information content (AvgIpc) is 3.11. The number of anilines is 1. The molecule has 0 fully saturated rings. The molecule has 1 aromatic heterocycles. The first-order valence-corrected chi connectivity index (χ1v) is 8.99. The van der Waals surface area contributed by atoms with E-state index in [9.17, 15) is 4.79 Å². The SMILES string of the molecule is COc1ccccc1-n1nnnc1SC(C)C(=O)Nc1ccccc1Cl. The van der Waals surface area contributed by atoms with Crippen molar-refractivity contribution in [3.8, 4) is 11.4 Å². The quantitative estimate of drug-likeness (QED) is 0.650. The smallest absolute Gasteiger partial charge is 0.237 e. The number of nitrogens with zero attached hydrogens (tertiary/aromatic N) is 4. The predicted octanol–water partition coefficient (Wildman–Crippen LogP) is 3.44. The van der Waals surface area contributed by atoms with Gasteiger partial charge >= 0.3 is 0 Å². The number of hydrogen-bond donors (Lipinski definition) is 1. The lowest BCUT2D eigenvalue weighted by Crippen LogP contribution is -2.23. The Morgan fingerprint density at radius 3 is 2.73 bits per heavy atom. The maximum Gasteiger partial charge on any atom is 0.237 e. The molecule has 0 radical (unpaired) electrons. The fourth-order valence-corrected chi connectivity index (χ4v) is 3.20. The number of tetrazole rings is 1. The summed E-state index contributed by atoms with van der Waals surface area (Å²) in [7, 11) is 1.58. The van der Waals surface area contributed by atoms with E-state index in [-0.39, 0.29) is 5.91 Å². The summed E-state index contributed by atoms with van der Waals surface area (Å²) >= 11 is 7.32. The number of aromatic nitrogens is 4. The standard InChI is InChI=1S/C17H16ClN5O2S/c1-11(16(24)19-13-8-4-3-7-12(13)18)26-17-20-21-22-23(17)14-9-5-6-10-15(14)25-2/h3-11H,1-2H3,(H,19,24). The molecule has 0 saturated carbocycles. The van der Waals surface area contributed by atoms with Crippen LogP contribution in [0.3, 0.4) is 0 Å². The Bertz CT molecular complexity index is 917. The van der Waals surface area contributed by atoms with Crippen LogP contribution in [-0.2, 0) is 4.79 Å². The topological polar surface area (TPSA) is 81.9 Å². The second-order valence-corrected chi connectivity index (χ2v) is 6.99. The van der Waals surface area contributed by atoms with Crippen molar-refractivity contribution in [3.63, 3.8) is 0 Å². The Morgan fingerprint density at radius 2 is 1.96 bits per heavy atom. The van der Waals surface area contributed by atoms with Crippen molar-refractivity contribution in [3.05, 3.63) is 53.6 Å². The van der Waals surface area contributed by atoms with E-state index in [0.29, 0.717) is 27.3 Å². The molecule has 134 valence electrons. The van der Waals surface area contributed by atoms with Gasteiger partial charge in [0.2, 0.25) is 11.1 Å². The number of amides is 1. The monoisotopic (exact) mass is 389 g/mol. The highest BCUT2D eigenvalue weighted by Gasteiger charge is 2.21. The number of ether oxygens (including phenoxy) is 1. The first kappa shape index (κ1) is 18.2. The number of nitrogens with one attached hydrogen (secondary N) is 1. The summed E-state index contributed by atoms with van der Waals surface area (Å²) in [4.78, 5) is 12.5. The molecule has 1 amide bonds. The molecule has 26 heavy (non-hydrogen) atoms. The highest BCUT2D eigenvalue weighted by molar-refractivity contribution is 8.00. The molecular formula is C17H16ClN5O2S. The van der Waals surface area contributed by atoms with Crippen LogP contribution >= 0.6 is 23.4 Å². The molecule has 1 unspecified atom stereocenters. The van der Waals surface area contributed by atoms with Gasteiger partial charge in [0.05, 0.1) is 23.1 Å². The van der Waals surface area contributed by atoms with Crippen LogP contribution in [0.15, 0.2) is 53.7 Å². The molecule has 0 bridgehead atoms. The first-order valence-electron chi connectivity index (χ1n) is 7.74. The number of benzene rings is 2. The van der Waals surface area contributed by atoms with Crippen LogP contribution in [0.25, 0.3) is 5.69 Å². The molecule has 3 rings (SSSR count). The summed E-state index contributed by atoms with van der Waals surface area (Å²) in [5.41, 5.74) is 1.26. The van der Waals surface area contributed by atoms with Gasteiger partial charge in [-0.3, -0.25) is 4.79 Å². The molecule has 0 spiro atoms. The average molecular weight is 390 g/mol. The van der Waals surface area contributed by atoms with Crippen molar-refractivity contribution in [1.82, 2.24) is 20.2 Å². The van der Waals surface area contributed by atoms with E-state index >= 15 is 0 Å². The third-order valence-corrected chi connectivity index (χ3v) is 4.90. The lowest BCUT2D eigenvalue weighted by molar-refractivity contribution is -0.115. The molecule has 0 aliphatic carbocycles. The van der Waals surface area contributed by atoms with Crippen LogP contribution in [-0.4, -0.2) is 38.5 Å². The highest BCUT2D eigenvalue weighted by Crippen LogP contribution is 2.28. The maximum atomic E-state index is 12.5. The molecule has 7 nitrogen and oxygen atoms in total. The first-order chi connectivity index (χ1) is 12.6. The fourth-order valence-electron chi connectivity index (χ4n) is 2.22. The van der Waals surface area contributed by atoms with Crippen LogP contribution in [0, 0.1) is 0 Å². The lowest BCUT2D eigenvalue weighted by Gasteiger charge is -2.13. The minimum absolute atomic E-state index is 0.197. The van der Waals surface area contributed by atoms with Crippen LogP contribution in [0.5, 0.6) is 5.75 Å². The van der Waals surface area contributed by atoms with E-state index in [0.717, 1.165) is 0 Å². The summed E-state index contributed by atoms with van der Waals surface area (Å²) in [6, 6.07) is 14.5. The second kappa shape index (κ2) is 8.20. The van der Waals surface area contributed by atoms with Crippen LogP contribution in [0.4, 0.5) is 5.69 Å². The Kier molecular flexibility index (Phi) is 5.75. The number of methoxy groups -OCH3 is 1. The molecule has 0 aliphatic heterocycles. The zero-order valence-electron chi connectivity index (χ0n) is 14.1. The zero-order valence-corrected chi connectivity index (χ0v) is 15.7. The number of rotatable bonds is 6. The van der Waals surface area contributed by atoms with Crippen molar-refractivity contribution in [1.29, 1.82) is 0 Å². The molecule has 2 aromatic carbocycles. The van der Waals surface area contributed by atoms with Crippen molar-refractivity contribution in [2.24, 2.45) is 0 Å². The van der Waals surface area contributed by atoms with Gasteiger partial charge in [-0.05, 0) is 41.6 Å². The van der Waals surface area contributed by atoms with Crippen LogP contribution in [0.2, 0.25) is 5.02 Å². The molecule has 3 aromatic rings. The number of carbonyl (C=O) groups is 1. The van der Waals surface area contributed by atoms with Gasteiger partial charge in [0, 0.05) is 0 Å². The van der Waals surface area contributed by atoms with Gasteiger partial charge in [0.25, 0.3) is 0 Å². The molecule has 1 N–H and O–H groups in total. The summed E-state index contributed by atoms with van der Waals surface area (Å²) in [6.07, 6.45) is 0. The summed E-state index contributed by atoms with van der Waals surface area (Å²) in [6.45, 7) is 1.78. The van der Waals surface area contributed by atoms with Gasteiger partial charge in [0.15, 0.2) is 0 Å². The number of thioether (sulfide) groups is 1. The molecule has 0 aliphatic rings. The normalized spacial score (nSPS) is 11.8. The minimum atomic E-state index is -0.439. The van der Waals surface area contributed by atoms with Gasteiger partial charge in [-0.1, -0.05) is 47.6 Å². The largest absolute Gasteiger partial charge is 0.494 e. The van der Waals surface area contributed by atoms with Crippen molar-refractivity contribution < 1.29 is 9.53 Å². The van der Waals surface area contributed by atoms with Crippen molar-refractivity contribution in [2.75, 3.05) is 12.4 Å². The van der Waals surface area contributed by atoms with E-state index in [1.54, 1.807) is 36.9 Å². The van der Waals surface area contributed by atoms with Crippen molar-refractivity contribution in [2.45, 2.75) is 17.3 Å². The summed E-state index contributed by atoms with van der Waals surface area (Å²) < 4.78 is 6.89. The van der Waals surface area contributed by atoms with E-state index in [1.165, 1.54) is 11.8 Å². The van der Waals surface area contributed by atoms with Gasteiger partial charge in [-0.15, -0.1) is 5.10 Å². The summed E-state index contributed by atoms with van der Waals surface area (Å²) in [5, 5.41) is 15.1.